The van der Waals surface area contributed by atoms with Crippen molar-refractivity contribution in [3.63, 3.8) is 0 Å². The summed E-state index contributed by atoms with van der Waals surface area (Å²) in [6.07, 6.45) is 5.00. The predicted molar refractivity (Wildman–Crippen MR) is 108 cm³/mol. The number of thiazole rings is 1. The van der Waals surface area contributed by atoms with Crippen LogP contribution in [0.4, 0.5) is 5.13 Å². The van der Waals surface area contributed by atoms with E-state index in [1.54, 1.807) is 0 Å². The minimum Gasteiger partial charge on any atom is -0.300 e. The fourth-order valence-corrected chi connectivity index (χ4v) is 4.43. The van der Waals surface area contributed by atoms with E-state index in [0.717, 1.165) is 16.2 Å². The molecule has 4 rings (SSSR count). The van der Waals surface area contributed by atoms with Crippen molar-refractivity contribution < 1.29 is 14.4 Å². The molecule has 0 radical (unpaired) electrons. The third-order valence-corrected chi connectivity index (χ3v) is 6.21. The molecule has 0 unspecified atom stereocenters. The van der Waals surface area contributed by atoms with Crippen molar-refractivity contribution in [2.75, 3.05) is 11.9 Å². The van der Waals surface area contributed by atoms with Gasteiger partial charge in [0.05, 0.1) is 17.5 Å². The molecule has 1 aromatic carbocycles. The lowest BCUT2D eigenvalue weighted by Gasteiger charge is -2.14. The van der Waals surface area contributed by atoms with E-state index in [1.165, 1.54) is 22.5 Å². The highest BCUT2D eigenvalue weighted by Crippen LogP contribution is 2.35. The standard InChI is InChI=1S/C21H21N3O3S/c1-12-7-8-14(9-13(12)2)17-11-28-21(22-17)23-18(25)10-24-19(26)15-5-3-4-6-16(15)20(24)27/h3-4,7-9,11,15-16H,5-6,10H2,1-2H3,(H,22,23,25)/t15-,16+. The van der Waals surface area contributed by atoms with Gasteiger partial charge in [0.25, 0.3) is 0 Å². The highest BCUT2D eigenvalue weighted by Gasteiger charge is 2.47. The van der Waals surface area contributed by atoms with Crippen LogP contribution in [0.1, 0.15) is 24.0 Å². The SMILES string of the molecule is Cc1ccc(-c2csc(NC(=O)CN3C(=O)[C@H]4CC=CC[C@H]4C3=O)n2)cc1C. The highest BCUT2D eigenvalue weighted by atomic mass is 32.1. The predicted octanol–water partition coefficient (Wildman–Crippen LogP) is 3.32. The van der Waals surface area contributed by atoms with E-state index in [0.29, 0.717) is 18.0 Å². The Morgan fingerprint density at radius 1 is 1.14 bits per heavy atom. The first-order chi connectivity index (χ1) is 13.4. The fraction of sp³-hybridized carbons (Fsp3) is 0.333. The van der Waals surface area contributed by atoms with Crippen molar-refractivity contribution in [1.29, 1.82) is 0 Å². The summed E-state index contributed by atoms with van der Waals surface area (Å²) in [5, 5.41) is 5.05. The number of likely N-dealkylation sites (tertiary alicyclic amines) is 1. The Balaban J connectivity index is 1.42. The van der Waals surface area contributed by atoms with Crippen LogP contribution in [-0.4, -0.2) is 34.2 Å². The van der Waals surface area contributed by atoms with Crippen LogP contribution in [0.2, 0.25) is 0 Å². The molecule has 1 saturated heterocycles. The first-order valence-corrected chi connectivity index (χ1v) is 10.1. The molecule has 1 aromatic heterocycles. The van der Waals surface area contributed by atoms with Crippen LogP contribution in [0.5, 0.6) is 0 Å². The van der Waals surface area contributed by atoms with Crippen LogP contribution >= 0.6 is 11.3 Å². The molecule has 0 bridgehead atoms. The third kappa shape index (κ3) is 3.38. The van der Waals surface area contributed by atoms with Gasteiger partial charge in [0, 0.05) is 10.9 Å². The quantitative estimate of drug-likeness (QED) is 0.636. The van der Waals surface area contributed by atoms with Gasteiger partial charge in [-0.3, -0.25) is 19.3 Å². The number of imide groups is 1. The molecule has 1 N–H and O–H groups in total. The van der Waals surface area contributed by atoms with Gasteiger partial charge in [0.2, 0.25) is 17.7 Å². The van der Waals surface area contributed by atoms with Crippen LogP contribution in [-0.2, 0) is 14.4 Å². The fourth-order valence-electron chi connectivity index (χ4n) is 3.69. The number of nitrogens with zero attached hydrogens (tertiary/aromatic N) is 2. The van der Waals surface area contributed by atoms with Crippen molar-refractivity contribution in [2.24, 2.45) is 11.8 Å². The summed E-state index contributed by atoms with van der Waals surface area (Å²) in [6.45, 7) is 3.84. The number of hydrogen-bond donors (Lipinski definition) is 1. The molecule has 7 heteroatoms. The molecule has 1 fully saturated rings. The number of benzene rings is 1. The van der Waals surface area contributed by atoms with Gasteiger partial charge < -0.3 is 5.32 Å². The summed E-state index contributed by atoms with van der Waals surface area (Å²) >= 11 is 1.32. The van der Waals surface area contributed by atoms with Crippen LogP contribution in [0, 0.1) is 25.7 Å². The second-order valence-electron chi connectivity index (χ2n) is 7.30. The molecular weight excluding hydrogens is 374 g/mol. The van der Waals surface area contributed by atoms with Gasteiger partial charge in [-0.05, 0) is 43.9 Å². The van der Waals surface area contributed by atoms with Gasteiger partial charge in [0.1, 0.15) is 6.54 Å². The second-order valence-corrected chi connectivity index (χ2v) is 8.16. The zero-order valence-electron chi connectivity index (χ0n) is 15.8. The number of anilines is 1. The maximum atomic E-state index is 12.5. The van der Waals surface area contributed by atoms with Gasteiger partial charge in [-0.15, -0.1) is 11.3 Å². The molecule has 3 amide bonds. The van der Waals surface area contributed by atoms with Gasteiger partial charge in [-0.2, -0.15) is 0 Å². The molecule has 2 aliphatic rings. The van der Waals surface area contributed by atoms with Crippen molar-refractivity contribution in [3.05, 3.63) is 46.9 Å². The molecule has 144 valence electrons. The van der Waals surface area contributed by atoms with Crippen LogP contribution in [0.25, 0.3) is 11.3 Å². The van der Waals surface area contributed by atoms with Gasteiger partial charge in [-0.25, -0.2) is 4.98 Å². The highest BCUT2D eigenvalue weighted by molar-refractivity contribution is 7.14. The molecular formula is C21H21N3O3S. The number of rotatable bonds is 4. The summed E-state index contributed by atoms with van der Waals surface area (Å²) in [6, 6.07) is 6.11. The largest absolute Gasteiger partial charge is 0.300 e. The number of hydrogen-bond acceptors (Lipinski definition) is 5. The minimum absolute atomic E-state index is 0.246. The van der Waals surface area contributed by atoms with E-state index in [-0.39, 0.29) is 30.2 Å². The van der Waals surface area contributed by atoms with E-state index in [4.69, 9.17) is 0 Å². The van der Waals surface area contributed by atoms with E-state index in [9.17, 15) is 14.4 Å². The Hall–Kier alpha value is -2.80. The first kappa shape index (κ1) is 18.6. The average molecular weight is 395 g/mol. The van der Waals surface area contributed by atoms with Crippen LogP contribution in [0.15, 0.2) is 35.7 Å². The summed E-state index contributed by atoms with van der Waals surface area (Å²) in [5.41, 5.74) is 4.16. The normalized spacial score (nSPS) is 21.1. The molecule has 1 aliphatic carbocycles. The van der Waals surface area contributed by atoms with Crippen LogP contribution < -0.4 is 5.32 Å². The van der Waals surface area contributed by atoms with Crippen molar-refractivity contribution in [2.45, 2.75) is 26.7 Å². The molecule has 0 spiro atoms. The van der Waals surface area contributed by atoms with E-state index in [1.807, 2.05) is 36.6 Å². The van der Waals surface area contributed by atoms with Gasteiger partial charge >= 0.3 is 0 Å². The lowest BCUT2D eigenvalue weighted by atomic mass is 9.85. The smallest absolute Gasteiger partial charge is 0.246 e. The van der Waals surface area contributed by atoms with E-state index < -0.39 is 5.91 Å². The zero-order valence-corrected chi connectivity index (χ0v) is 16.6. The molecule has 2 heterocycles. The van der Waals surface area contributed by atoms with E-state index >= 15 is 0 Å². The topological polar surface area (TPSA) is 79.4 Å². The molecule has 1 aliphatic heterocycles. The van der Waals surface area contributed by atoms with Crippen molar-refractivity contribution >= 4 is 34.2 Å². The summed E-state index contributed by atoms with van der Waals surface area (Å²) in [7, 11) is 0. The summed E-state index contributed by atoms with van der Waals surface area (Å²) in [5.74, 6) is -1.54. The second kappa shape index (κ2) is 7.31. The Morgan fingerprint density at radius 3 is 2.46 bits per heavy atom. The van der Waals surface area contributed by atoms with Crippen molar-refractivity contribution in [3.8, 4) is 11.3 Å². The maximum absolute atomic E-state index is 12.5. The molecule has 0 saturated carbocycles. The van der Waals surface area contributed by atoms with Crippen LogP contribution in [0.3, 0.4) is 0 Å². The number of carbonyl (C=O) groups is 3. The molecule has 2 aromatic rings. The number of aromatic nitrogens is 1. The molecule has 6 nitrogen and oxygen atoms in total. The lowest BCUT2D eigenvalue weighted by molar-refractivity contribution is -0.142. The molecule has 2 atom stereocenters. The molecule has 28 heavy (non-hydrogen) atoms. The Bertz CT molecular complexity index is 969. The number of allylic oxidation sites excluding steroid dienone is 2. The van der Waals surface area contributed by atoms with E-state index in [2.05, 4.69) is 23.3 Å². The number of aryl methyl sites for hydroxylation is 2. The maximum Gasteiger partial charge on any atom is 0.246 e. The monoisotopic (exact) mass is 395 g/mol. The van der Waals surface area contributed by atoms with Gasteiger partial charge in [-0.1, -0.05) is 24.3 Å². The third-order valence-electron chi connectivity index (χ3n) is 5.45. The van der Waals surface area contributed by atoms with Gasteiger partial charge in [0.15, 0.2) is 5.13 Å². The number of carbonyl (C=O) groups excluding carboxylic acids is 3. The number of nitrogens with one attached hydrogen (secondary N) is 1. The minimum atomic E-state index is -0.408. The Labute approximate surface area is 167 Å². The first-order valence-electron chi connectivity index (χ1n) is 9.27. The van der Waals surface area contributed by atoms with Crippen molar-refractivity contribution in [1.82, 2.24) is 9.88 Å². The zero-order chi connectivity index (χ0) is 19.8. The number of fused-ring (bicyclic) bond motifs is 1. The Kier molecular flexibility index (Phi) is 4.85. The summed E-state index contributed by atoms with van der Waals surface area (Å²) < 4.78 is 0. The summed E-state index contributed by atoms with van der Waals surface area (Å²) in [4.78, 5) is 42.9. The Morgan fingerprint density at radius 2 is 1.82 bits per heavy atom. The lowest BCUT2D eigenvalue weighted by Crippen LogP contribution is -2.38. The average Bonchev–Trinajstić information content (AvgIpc) is 3.23. The number of amides is 3.